The van der Waals surface area contributed by atoms with Gasteiger partial charge in [0.15, 0.2) is 0 Å². The van der Waals surface area contributed by atoms with E-state index in [1.807, 2.05) is 0 Å². The van der Waals surface area contributed by atoms with Crippen LogP contribution < -0.4 is 4.90 Å². The van der Waals surface area contributed by atoms with Gasteiger partial charge in [-0.2, -0.15) is 26.3 Å². The second kappa shape index (κ2) is 9.49. The van der Waals surface area contributed by atoms with Crippen molar-refractivity contribution in [3.05, 3.63) is 89.4 Å². The van der Waals surface area contributed by atoms with Crippen molar-refractivity contribution in [1.29, 1.82) is 0 Å². The second-order valence-electron chi connectivity index (χ2n) is 7.81. The van der Waals surface area contributed by atoms with E-state index in [0.29, 0.717) is 23.8 Å². The monoisotopic (exact) mass is 503 g/mol. The lowest BCUT2D eigenvalue weighted by Gasteiger charge is -2.25. The Labute approximate surface area is 201 Å². The van der Waals surface area contributed by atoms with Crippen molar-refractivity contribution >= 4 is 16.7 Å². The molecule has 0 spiro atoms. The molecule has 0 aliphatic rings. The summed E-state index contributed by atoms with van der Waals surface area (Å²) < 4.78 is 94.3. The minimum absolute atomic E-state index is 0.0790. The van der Waals surface area contributed by atoms with Crippen LogP contribution in [0.3, 0.4) is 0 Å². The van der Waals surface area contributed by atoms with Gasteiger partial charge >= 0.3 is 12.4 Å². The molecule has 0 radical (unpaired) electrons. The van der Waals surface area contributed by atoms with Crippen molar-refractivity contribution in [1.82, 2.24) is 9.97 Å². The van der Waals surface area contributed by atoms with E-state index >= 15 is 0 Å². The SMILES string of the molecule is C#CCN(Cc1nc2cc(C(F)(F)F)ccc2nc1-c1ccccc1)c1cc(C(F)(F)F)ccc1F. The van der Waals surface area contributed by atoms with E-state index in [1.165, 1.54) is 6.07 Å². The lowest BCUT2D eigenvalue weighted by molar-refractivity contribution is -0.138. The minimum atomic E-state index is -4.73. The fraction of sp³-hybridized carbons (Fsp3) is 0.154. The largest absolute Gasteiger partial charge is 0.416 e. The van der Waals surface area contributed by atoms with E-state index < -0.39 is 35.0 Å². The fourth-order valence-electron chi connectivity index (χ4n) is 3.65. The van der Waals surface area contributed by atoms with Crippen LogP contribution in [0, 0.1) is 18.2 Å². The van der Waals surface area contributed by atoms with Crippen molar-refractivity contribution in [2.45, 2.75) is 18.9 Å². The van der Waals surface area contributed by atoms with E-state index in [9.17, 15) is 30.7 Å². The summed E-state index contributed by atoms with van der Waals surface area (Å²) in [6.45, 7) is -0.611. The normalized spacial score (nSPS) is 11.9. The van der Waals surface area contributed by atoms with Gasteiger partial charge in [0, 0.05) is 5.56 Å². The highest BCUT2D eigenvalue weighted by Gasteiger charge is 2.32. The quantitative estimate of drug-likeness (QED) is 0.215. The van der Waals surface area contributed by atoms with E-state index in [1.54, 1.807) is 30.3 Å². The Kier molecular flexibility index (Phi) is 6.59. The molecule has 1 heterocycles. The molecular formula is C26H16F7N3. The lowest BCUT2D eigenvalue weighted by atomic mass is 10.1. The van der Waals surface area contributed by atoms with Crippen molar-refractivity contribution in [3.63, 3.8) is 0 Å². The Bertz CT molecular complexity index is 1440. The summed E-state index contributed by atoms with van der Waals surface area (Å²) in [5.41, 5.74) is -1.39. The molecule has 36 heavy (non-hydrogen) atoms. The number of nitrogens with zero attached hydrogens (tertiary/aromatic N) is 3. The first-order valence-corrected chi connectivity index (χ1v) is 10.5. The smallest absolute Gasteiger partial charge is 0.352 e. The molecule has 4 aromatic rings. The first kappa shape index (κ1) is 25.0. The van der Waals surface area contributed by atoms with Crippen LogP contribution >= 0.6 is 0 Å². The molecule has 0 saturated heterocycles. The second-order valence-corrected chi connectivity index (χ2v) is 7.81. The molecule has 0 saturated carbocycles. The average Bonchev–Trinajstić information content (AvgIpc) is 2.82. The Balaban J connectivity index is 1.88. The Morgan fingerprint density at radius 3 is 2.06 bits per heavy atom. The summed E-state index contributed by atoms with van der Waals surface area (Å²) in [7, 11) is 0. The van der Waals surface area contributed by atoms with Crippen LogP contribution in [0.4, 0.5) is 36.4 Å². The van der Waals surface area contributed by atoms with Crippen molar-refractivity contribution < 1.29 is 30.7 Å². The van der Waals surface area contributed by atoms with Gasteiger partial charge in [-0.15, -0.1) is 6.42 Å². The number of hydrogen-bond acceptors (Lipinski definition) is 3. The average molecular weight is 503 g/mol. The number of hydrogen-bond donors (Lipinski definition) is 0. The topological polar surface area (TPSA) is 29.0 Å². The van der Waals surface area contributed by atoms with Gasteiger partial charge in [-0.1, -0.05) is 36.3 Å². The summed E-state index contributed by atoms with van der Waals surface area (Å²) in [4.78, 5) is 9.98. The van der Waals surface area contributed by atoms with Gasteiger partial charge in [0.2, 0.25) is 0 Å². The van der Waals surface area contributed by atoms with E-state index in [2.05, 4.69) is 15.9 Å². The van der Waals surface area contributed by atoms with Crippen LogP contribution in [-0.2, 0) is 18.9 Å². The summed E-state index contributed by atoms with van der Waals surface area (Å²) in [6, 6.07) is 13.4. The maximum Gasteiger partial charge on any atom is 0.416 e. The maximum absolute atomic E-state index is 14.7. The van der Waals surface area contributed by atoms with E-state index in [-0.39, 0.29) is 35.5 Å². The van der Waals surface area contributed by atoms with Crippen LogP contribution in [-0.4, -0.2) is 16.5 Å². The molecule has 0 N–H and O–H groups in total. The van der Waals surface area contributed by atoms with Crippen molar-refractivity contribution in [2.24, 2.45) is 0 Å². The minimum Gasteiger partial charge on any atom is -0.352 e. The van der Waals surface area contributed by atoms with Crippen LogP contribution in [0.25, 0.3) is 22.3 Å². The third kappa shape index (κ3) is 5.25. The Hall–Kier alpha value is -4.13. The van der Waals surface area contributed by atoms with Crippen molar-refractivity contribution in [3.8, 4) is 23.6 Å². The predicted octanol–water partition coefficient (Wildman–Crippen LogP) is 7.11. The Morgan fingerprint density at radius 2 is 1.42 bits per heavy atom. The Morgan fingerprint density at radius 1 is 0.778 bits per heavy atom. The van der Waals surface area contributed by atoms with E-state index in [4.69, 9.17) is 6.42 Å². The lowest BCUT2D eigenvalue weighted by Crippen LogP contribution is -2.26. The molecule has 0 fully saturated rings. The van der Waals surface area contributed by atoms with Gasteiger partial charge in [-0.05, 0) is 36.4 Å². The maximum atomic E-state index is 14.7. The van der Waals surface area contributed by atoms with Crippen LogP contribution in [0.1, 0.15) is 16.8 Å². The van der Waals surface area contributed by atoms with Gasteiger partial charge in [0.25, 0.3) is 0 Å². The zero-order valence-corrected chi connectivity index (χ0v) is 18.3. The number of rotatable bonds is 5. The number of terminal acetylenes is 1. The molecule has 10 heteroatoms. The number of anilines is 1. The fourth-order valence-corrected chi connectivity index (χ4v) is 3.65. The highest BCUT2D eigenvalue weighted by Crippen LogP contribution is 2.35. The number of benzene rings is 3. The number of halogens is 7. The molecule has 3 nitrogen and oxygen atoms in total. The molecule has 0 amide bonds. The molecule has 3 aromatic carbocycles. The van der Waals surface area contributed by atoms with Gasteiger partial charge in [0.1, 0.15) is 5.82 Å². The molecular weight excluding hydrogens is 487 g/mol. The van der Waals surface area contributed by atoms with Crippen molar-refractivity contribution in [2.75, 3.05) is 11.4 Å². The summed E-state index contributed by atoms with van der Waals surface area (Å²) in [5.74, 6) is 1.33. The number of fused-ring (bicyclic) bond motifs is 1. The first-order chi connectivity index (χ1) is 17.0. The molecule has 1 aromatic heterocycles. The molecule has 0 aliphatic heterocycles. The van der Waals surface area contributed by atoms with Crippen LogP contribution in [0.2, 0.25) is 0 Å². The first-order valence-electron chi connectivity index (χ1n) is 10.5. The third-order valence-corrected chi connectivity index (χ3v) is 5.35. The zero-order chi connectivity index (χ0) is 26.1. The summed E-state index contributed by atoms with van der Waals surface area (Å²) in [6.07, 6.45) is -3.94. The van der Waals surface area contributed by atoms with Gasteiger partial charge in [0.05, 0.1) is 52.3 Å². The summed E-state index contributed by atoms with van der Waals surface area (Å²) in [5, 5.41) is 0. The van der Waals surface area contributed by atoms with E-state index in [0.717, 1.165) is 17.0 Å². The molecule has 0 bridgehead atoms. The molecule has 4 rings (SSSR count). The highest BCUT2D eigenvalue weighted by atomic mass is 19.4. The molecule has 184 valence electrons. The standard InChI is InChI=1S/C26H16F7N3/c1-2-12-36(23-14-18(26(31,32)33)8-10-19(23)27)15-22-24(16-6-4-3-5-7-16)35-20-11-9-17(25(28,29)30)13-21(20)34-22/h1,3-11,13-14H,12,15H2. The third-order valence-electron chi connectivity index (χ3n) is 5.35. The number of aromatic nitrogens is 2. The molecule has 0 unspecified atom stereocenters. The predicted molar refractivity (Wildman–Crippen MR) is 121 cm³/mol. The summed E-state index contributed by atoms with van der Waals surface area (Å²) >= 11 is 0. The molecule has 0 atom stereocenters. The molecule has 0 aliphatic carbocycles. The number of alkyl halides is 6. The van der Waals surface area contributed by atoms with Gasteiger partial charge in [-0.25, -0.2) is 14.4 Å². The van der Waals surface area contributed by atoms with Crippen LogP contribution in [0.5, 0.6) is 0 Å². The van der Waals surface area contributed by atoms with Crippen LogP contribution in [0.15, 0.2) is 66.7 Å². The zero-order valence-electron chi connectivity index (χ0n) is 18.3. The van der Waals surface area contributed by atoms with Gasteiger partial charge in [-0.3, -0.25) is 0 Å². The van der Waals surface area contributed by atoms with Gasteiger partial charge < -0.3 is 4.90 Å². The highest BCUT2D eigenvalue weighted by molar-refractivity contribution is 5.79.